The largest absolute Gasteiger partial charge is 0.390 e. The topological polar surface area (TPSA) is 114 Å². The number of aromatic amines is 1. The van der Waals surface area contributed by atoms with Gasteiger partial charge >= 0.3 is 0 Å². The first kappa shape index (κ1) is 15.7. The van der Waals surface area contributed by atoms with Gasteiger partial charge in [-0.25, -0.2) is 4.98 Å². The molecule has 1 aromatic rings. The van der Waals surface area contributed by atoms with Crippen LogP contribution in [0, 0.1) is 5.41 Å². The molecule has 1 aliphatic carbocycles. The van der Waals surface area contributed by atoms with Crippen LogP contribution in [0.15, 0.2) is 4.79 Å². The molecule has 0 atom stereocenters. The smallest absolute Gasteiger partial charge is 0.261 e. The van der Waals surface area contributed by atoms with Crippen LogP contribution in [-0.4, -0.2) is 46.5 Å². The number of H-pyrrole nitrogens is 1. The van der Waals surface area contributed by atoms with E-state index in [1.807, 2.05) is 6.92 Å². The number of hydrogen-bond donors (Lipinski definition) is 5. The summed E-state index contributed by atoms with van der Waals surface area (Å²) in [7, 11) is 0. The maximum absolute atomic E-state index is 11.7. The minimum absolute atomic E-state index is 0.0463. The summed E-state index contributed by atoms with van der Waals surface area (Å²) >= 11 is 0. The number of aromatic nitrogens is 2. The number of aliphatic hydroxyl groups excluding tert-OH is 1. The van der Waals surface area contributed by atoms with Gasteiger partial charge in [-0.1, -0.05) is 6.92 Å². The third-order valence-electron chi connectivity index (χ3n) is 3.69. The van der Waals surface area contributed by atoms with Crippen LogP contribution in [0.2, 0.25) is 0 Å². The Morgan fingerprint density at radius 3 is 2.52 bits per heavy atom. The van der Waals surface area contributed by atoms with Crippen LogP contribution < -0.4 is 16.2 Å². The molecule has 1 aromatic heterocycles. The molecule has 7 nitrogen and oxygen atoms in total. The number of hydrogen-bond acceptors (Lipinski definition) is 6. The van der Waals surface area contributed by atoms with E-state index in [4.69, 9.17) is 10.5 Å². The van der Waals surface area contributed by atoms with Gasteiger partial charge in [-0.15, -0.1) is 0 Å². The van der Waals surface area contributed by atoms with E-state index in [1.54, 1.807) is 0 Å². The third-order valence-corrected chi connectivity index (χ3v) is 3.69. The van der Waals surface area contributed by atoms with Gasteiger partial charge in [0.15, 0.2) is 0 Å². The van der Waals surface area contributed by atoms with Gasteiger partial charge in [-0.05, 0) is 19.3 Å². The Hall–Kier alpha value is -1.73. The summed E-state index contributed by atoms with van der Waals surface area (Å²) in [5.74, 6) is 1.22. The number of aliphatic hydroxyl groups is 1. The summed E-state index contributed by atoms with van der Waals surface area (Å²) < 4.78 is 0. The summed E-state index contributed by atoms with van der Waals surface area (Å²) in [5, 5.41) is 21.8. The van der Waals surface area contributed by atoms with Crippen LogP contribution >= 0.6 is 0 Å². The molecule has 1 aliphatic heterocycles. The fourth-order valence-electron chi connectivity index (χ4n) is 1.96. The minimum atomic E-state index is -0.233. The van der Waals surface area contributed by atoms with Crippen molar-refractivity contribution in [2.45, 2.75) is 44.8 Å². The normalized spacial score (nSPS) is 18.0. The molecule has 2 aliphatic rings. The van der Waals surface area contributed by atoms with E-state index >= 15 is 0 Å². The van der Waals surface area contributed by atoms with Gasteiger partial charge in [-0.2, -0.15) is 0 Å². The van der Waals surface area contributed by atoms with E-state index in [0.717, 1.165) is 32.1 Å². The summed E-state index contributed by atoms with van der Waals surface area (Å²) in [6.07, 6.45) is 5.16. The highest BCUT2D eigenvalue weighted by molar-refractivity contribution is 5.83. The molecule has 1 saturated carbocycles. The zero-order chi connectivity index (χ0) is 15.2. The van der Waals surface area contributed by atoms with Crippen molar-refractivity contribution in [1.29, 1.82) is 5.41 Å². The number of nitrogens with one attached hydrogen (secondary N) is 4. The maximum Gasteiger partial charge on any atom is 0.261 e. The van der Waals surface area contributed by atoms with Crippen LogP contribution in [-0.2, 0) is 6.42 Å². The second-order valence-corrected chi connectivity index (χ2v) is 5.36. The lowest BCUT2D eigenvalue weighted by Gasteiger charge is -2.27. The first-order valence-corrected chi connectivity index (χ1v) is 7.43. The molecule has 0 spiro atoms. The molecule has 116 valence electrons. The van der Waals surface area contributed by atoms with E-state index in [0.29, 0.717) is 29.7 Å². The van der Waals surface area contributed by atoms with Gasteiger partial charge in [0, 0.05) is 31.8 Å². The molecule has 0 radical (unpaired) electrons. The van der Waals surface area contributed by atoms with Crippen molar-refractivity contribution >= 4 is 12.0 Å². The van der Waals surface area contributed by atoms with E-state index in [9.17, 15) is 4.79 Å². The van der Waals surface area contributed by atoms with Crippen molar-refractivity contribution in [3.8, 4) is 0 Å². The predicted molar refractivity (Wildman–Crippen MR) is 82.3 cm³/mol. The highest BCUT2D eigenvalue weighted by Crippen LogP contribution is 2.22. The Bertz CT molecular complexity index is 535. The molecule has 0 bridgehead atoms. The molecule has 5 N–H and O–H groups in total. The Balaban J connectivity index is 0.000000272. The van der Waals surface area contributed by atoms with Crippen molar-refractivity contribution < 1.29 is 5.11 Å². The van der Waals surface area contributed by atoms with Gasteiger partial charge in [0.05, 0.1) is 11.7 Å². The summed E-state index contributed by atoms with van der Waals surface area (Å²) in [6.45, 7) is 3.52. The monoisotopic (exact) mass is 293 g/mol. The fraction of sp³-hybridized carbons (Fsp3) is 0.643. The predicted octanol–water partition coefficient (Wildman–Crippen LogP) is 0.245. The lowest BCUT2D eigenvalue weighted by atomic mass is 9.93. The molecule has 3 rings (SSSR count). The summed E-state index contributed by atoms with van der Waals surface area (Å²) in [6, 6.07) is 0.415. The number of β-amino-alcohol motifs (C(OH)–C–C–N with tert-alkyl or cyclic N) is 1. The van der Waals surface area contributed by atoms with Crippen molar-refractivity contribution in [3.05, 3.63) is 21.7 Å². The van der Waals surface area contributed by atoms with Crippen LogP contribution in [0.3, 0.4) is 0 Å². The van der Waals surface area contributed by atoms with E-state index in [1.165, 1.54) is 6.42 Å². The summed E-state index contributed by atoms with van der Waals surface area (Å²) in [5.41, 5.74) is 0.0905. The molecular weight excluding hydrogens is 270 g/mol. The van der Waals surface area contributed by atoms with Crippen LogP contribution in [0.5, 0.6) is 0 Å². The van der Waals surface area contributed by atoms with Crippen LogP contribution in [0.4, 0.5) is 5.82 Å². The second kappa shape index (κ2) is 7.33. The van der Waals surface area contributed by atoms with E-state index < -0.39 is 0 Å². The Kier molecular flexibility index (Phi) is 5.46. The standard InChI is InChI=1S/C11H16N4O.C3H7NO/c1-2-9-14-10(13-7-4-3-5-7)8(6-12)11(16)15-9;5-3-1-4-2-3/h6-7,12H,2-5H2,1H3,(H2,13,14,15,16);3-5H,1-2H2. The molecule has 1 saturated heterocycles. The number of rotatable bonds is 4. The molecule has 0 unspecified atom stereocenters. The molecule has 0 aromatic carbocycles. The van der Waals surface area contributed by atoms with E-state index in [2.05, 4.69) is 20.6 Å². The van der Waals surface area contributed by atoms with Gasteiger partial charge in [0.25, 0.3) is 5.56 Å². The lowest BCUT2D eigenvalue weighted by molar-refractivity contribution is 0.117. The second-order valence-electron chi connectivity index (χ2n) is 5.36. The molecule has 0 amide bonds. The lowest BCUT2D eigenvalue weighted by Crippen LogP contribution is -2.46. The van der Waals surface area contributed by atoms with Crippen molar-refractivity contribution in [3.63, 3.8) is 0 Å². The zero-order valence-electron chi connectivity index (χ0n) is 12.3. The average Bonchev–Trinajstić information content (AvgIpc) is 2.40. The first-order valence-electron chi connectivity index (χ1n) is 7.43. The number of anilines is 1. The summed E-state index contributed by atoms with van der Waals surface area (Å²) in [4.78, 5) is 18.6. The molecule has 7 heteroatoms. The molecular formula is C14H23N5O2. The Morgan fingerprint density at radius 2 is 2.14 bits per heavy atom. The zero-order valence-corrected chi connectivity index (χ0v) is 12.3. The van der Waals surface area contributed by atoms with Gasteiger partial charge in [-0.3, -0.25) is 4.79 Å². The highest BCUT2D eigenvalue weighted by atomic mass is 16.3. The van der Waals surface area contributed by atoms with Crippen molar-refractivity contribution in [1.82, 2.24) is 15.3 Å². The quantitative estimate of drug-likeness (QED) is 0.510. The molecule has 2 fully saturated rings. The van der Waals surface area contributed by atoms with Gasteiger partial charge < -0.3 is 26.1 Å². The van der Waals surface area contributed by atoms with Gasteiger partial charge in [0.2, 0.25) is 0 Å². The highest BCUT2D eigenvalue weighted by Gasteiger charge is 2.19. The van der Waals surface area contributed by atoms with Crippen molar-refractivity contribution in [2.24, 2.45) is 0 Å². The number of aryl methyl sites for hydroxylation is 1. The maximum atomic E-state index is 11.7. The minimum Gasteiger partial charge on any atom is -0.390 e. The van der Waals surface area contributed by atoms with Gasteiger partial charge in [0.1, 0.15) is 11.6 Å². The molecule has 21 heavy (non-hydrogen) atoms. The van der Waals surface area contributed by atoms with Crippen molar-refractivity contribution in [2.75, 3.05) is 18.4 Å². The first-order chi connectivity index (χ1) is 10.1. The molecule has 2 heterocycles. The van der Waals surface area contributed by atoms with Crippen LogP contribution in [0.25, 0.3) is 0 Å². The Morgan fingerprint density at radius 1 is 1.48 bits per heavy atom. The Labute approximate surface area is 123 Å². The fourth-order valence-corrected chi connectivity index (χ4v) is 1.96. The SMILES string of the molecule is CCc1nc(NC2CCC2)c(C=N)c(=O)[nH]1.OC1CNC1. The number of nitrogens with zero attached hydrogens (tertiary/aromatic N) is 1. The average molecular weight is 293 g/mol. The van der Waals surface area contributed by atoms with Crippen LogP contribution in [0.1, 0.15) is 37.6 Å². The third kappa shape index (κ3) is 4.12. The van der Waals surface area contributed by atoms with E-state index in [-0.39, 0.29) is 11.7 Å².